The second-order valence-electron chi connectivity index (χ2n) is 6.63. The molecule has 1 amide bonds. The minimum Gasteiger partial charge on any atom is -0.384 e. The van der Waals surface area contributed by atoms with Gasteiger partial charge in [-0.25, -0.2) is 0 Å². The summed E-state index contributed by atoms with van der Waals surface area (Å²) in [5.41, 5.74) is 3.59. The van der Waals surface area contributed by atoms with Gasteiger partial charge in [-0.1, -0.05) is 19.9 Å². The number of carbonyl (C=O) groups is 1. The molecule has 1 fully saturated rings. The third-order valence-corrected chi connectivity index (χ3v) is 4.39. The smallest absolute Gasteiger partial charge is 0.251 e. The molecule has 1 aliphatic heterocycles. The SMILES string of the molecule is CC1(C)CCC(NC(=O)c2ccc3c(c2)NCC3)C1. The van der Waals surface area contributed by atoms with Crippen molar-refractivity contribution in [2.45, 2.75) is 45.6 Å². The van der Waals surface area contributed by atoms with Crippen LogP contribution in [0.1, 0.15) is 49.0 Å². The highest BCUT2D eigenvalue weighted by atomic mass is 16.1. The van der Waals surface area contributed by atoms with E-state index < -0.39 is 0 Å². The molecular weight excluding hydrogens is 236 g/mol. The average molecular weight is 258 g/mol. The second kappa shape index (κ2) is 4.55. The van der Waals surface area contributed by atoms with E-state index in [2.05, 4.69) is 30.5 Å². The van der Waals surface area contributed by atoms with E-state index in [-0.39, 0.29) is 5.91 Å². The minimum atomic E-state index is 0.0687. The molecule has 19 heavy (non-hydrogen) atoms. The van der Waals surface area contributed by atoms with Crippen LogP contribution in [0.15, 0.2) is 18.2 Å². The van der Waals surface area contributed by atoms with Gasteiger partial charge in [0.15, 0.2) is 0 Å². The van der Waals surface area contributed by atoms with Gasteiger partial charge in [0, 0.05) is 23.8 Å². The molecule has 0 bridgehead atoms. The Bertz CT molecular complexity index is 507. The standard InChI is InChI=1S/C16H22N2O/c1-16(2)7-5-13(10-16)18-15(19)12-4-3-11-6-8-17-14(11)9-12/h3-4,9,13,17H,5-8,10H2,1-2H3,(H,18,19). The Kier molecular flexibility index (Phi) is 3.00. The maximum atomic E-state index is 12.3. The minimum absolute atomic E-state index is 0.0687. The van der Waals surface area contributed by atoms with Crippen LogP contribution >= 0.6 is 0 Å². The lowest BCUT2D eigenvalue weighted by molar-refractivity contribution is 0.0936. The highest BCUT2D eigenvalue weighted by Gasteiger charge is 2.31. The lowest BCUT2D eigenvalue weighted by Gasteiger charge is -2.18. The van der Waals surface area contributed by atoms with Gasteiger partial charge in [-0.3, -0.25) is 4.79 Å². The van der Waals surface area contributed by atoms with Crippen molar-refractivity contribution < 1.29 is 4.79 Å². The molecule has 1 heterocycles. The summed E-state index contributed by atoms with van der Waals surface area (Å²) in [7, 11) is 0. The van der Waals surface area contributed by atoms with Crippen molar-refractivity contribution in [3.05, 3.63) is 29.3 Å². The monoisotopic (exact) mass is 258 g/mol. The summed E-state index contributed by atoms with van der Waals surface area (Å²) in [5.74, 6) is 0.0687. The van der Waals surface area contributed by atoms with Crippen molar-refractivity contribution in [1.82, 2.24) is 5.32 Å². The average Bonchev–Trinajstić information content (AvgIpc) is 2.94. The van der Waals surface area contributed by atoms with Crippen molar-refractivity contribution in [3.63, 3.8) is 0 Å². The molecule has 1 unspecified atom stereocenters. The molecule has 0 aromatic heterocycles. The molecule has 1 saturated carbocycles. The Morgan fingerprint density at radius 3 is 3.00 bits per heavy atom. The van der Waals surface area contributed by atoms with Crippen LogP contribution in [0.5, 0.6) is 0 Å². The zero-order valence-electron chi connectivity index (χ0n) is 11.8. The Morgan fingerprint density at radius 2 is 2.26 bits per heavy atom. The first-order chi connectivity index (χ1) is 9.03. The summed E-state index contributed by atoms with van der Waals surface area (Å²) in [5, 5.41) is 6.50. The number of anilines is 1. The predicted octanol–water partition coefficient (Wildman–Crippen LogP) is 2.96. The number of hydrogen-bond donors (Lipinski definition) is 2. The van der Waals surface area contributed by atoms with E-state index in [1.54, 1.807) is 0 Å². The first-order valence-corrected chi connectivity index (χ1v) is 7.21. The van der Waals surface area contributed by atoms with Gasteiger partial charge >= 0.3 is 0 Å². The molecule has 3 rings (SSSR count). The highest BCUT2D eigenvalue weighted by Crippen LogP contribution is 2.37. The van der Waals surface area contributed by atoms with E-state index in [1.165, 1.54) is 12.0 Å². The molecule has 3 nitrogen and oxygen atoms in total. The third kappa shape index (κ3) is 2.60. The quantitative estimate of drug-likeness (QED) is 0.856. The fourth-order valence-corrected chi connectivity index (χ4v) is 3.26. The normalized spacial score (nSPS) is 23.8. The van der Waals surface area contributed by atoms with Crippen LogP contribution < -0.4 is 10.6 Å². The van der Waals surface area contributed by atoms with E-state index in [9.17, 15) is 4.79 Å². The Labute approximate surface area is 114 Å². The Morgan fingerprint density at radius 1 is 1.42 bits per heavy atom. The van der Waals surface area contributed by atoms with Crippen LogP contribution in [0.2, 0.25) is 0 Å². The molecular formula is C16H22N2O. The van der Waals surface area contributed by atoms with Crippen LogP contribution in [0.25, 0.3) is 0 Å². The van der Waals surface area contributed by atoms with Crippen molar-refractivity contribution in [1.29, 1.82) is 0 Å². The van der Waals surface area contributed by atoms with E-state index in [1.807, 2.05) is 12.1 Å². The van der Waals surface area contributed by atoms with Crippen LogP contribution in [-0.4, -0.2) is 18.5 Å². The van der Waals surface area contributed by atoms with Crippen molar-refractivity contribution in [2.24, 2.45) is 5.41 Å². The maximum Gasteiger partial charge on any atom is 0.251 e. The first kappa shape index (κ1) is 12.5. The summed E-state index contributed by atoms with van der Waals surface area (Å²) in [6.07, 6.45) is 4.45. The van der Waals surface area contributed by atoms with Gasteiger partial charge in [0.25, 0.3) is 5.91 Å². The zero-order chi connectivity index (χ0) is 13.5. The van der Waals surface area contributed by atoms with E-state index >= 15 is 0 Å². The van der Waals surface area contributed by atoms with Gasteiger partial charge in [0.2, 0.25) is 0 Å². The predicted molar refractivity (Wildman–Crippen MR) is 77.5 cm³/mol. The fourth-order valence-electron chi connectivity index (χ4n) is 3.26. The summed E-state index contributed by atoms with van der Waals surface area (Å²) < 4.78 is 0. The molecule has 1 aromatic carbocycles. The largest absolute Gasteiger partial charge is 0.384 e. The van der Waals surface area contributed by atoms with Gasteiger partial charge in [-0.15, -0.1) is 0 Å². The summed E-state index contributed by atoms with van der Waals surface area (Å²) >= 11 is 0. The lowest BCUT2D eigenvalue weighted by atomic mass is 9.92. The lowest BCUT2D eigenvalue weighted by Crippen LogP contribution is -2.33. The summed E-state index contributed by atoms with van der Waals surface area (Å²) in [6, 6.07) is 6.34. The summed E-state index contributed by atoms with van der Waals surface area (Å²) in [4.78, 5) is 12.3. The first-order valence-electron chi connectivity index (χ1n) is 7.21. The number of fused-ring (bicyclic) bond motifs is 1. The second-order valence-corrected chi connectivity index (χ2v) is 6.63. The maximum absolute atomic E-state index is 12.3. The molecule has 0 spiro atoms. The highest BCUT2D eigenvalue weighted by molar-refractivity contribution is 5.95. The fraction of sp³-hybridized carbons (Fsp3) is 0.562. The number of rotatable bonds is 2. The van der Waals surface area contributed by atoms with Crippen LogP contribution in [0.3, 0.4) is 0 Å². The van der Waals surface area contributed by atoms with Crippen molar-refractivity contribution >= 4 is 11.6 Å². The van der Waals surface area contributed by atoms with Crippen molar-refractivity contribution in [2.75, 3.05) is 11.9 Å². The van der Waals surface area contributed by atoms with Gasteiger partial charge in [-0.2, -0.15) is 0 Å². The van der Waals surface area contributed by atoms with Gasteiger partial charge in [0.1, 0.15) is 0 Å². The molecule has 1 aromatic rings. The molecule has 2 aliphatic rings. The molecule has 1 aliphatic carbocycles. The zero-order valence-corrected chi connectivity index (χ0v) is 11.8. The van der Waals surface area contributed by atoms with Gasteiger partial charge < -0.3 is 10.6 Å². The Balaban J connectivity index is 1.68. The molecule has 2 N–H and O–H groups in total. The Hall–Kier alpha value is -1.51. The van der Waals surface area contributed by atoms with Crippen molar-refractivity contribution in [3.8, 4) is 0 Å². The number of nitrogens with one attached hydrogen (secondary N) is 2. The van der Waals surface area contributed by atoms with Crippen LogP contribution in [0.4, 0.5) is 5.69 Å². The van der Waals surface area contributed by atoms with Crippen LogP contribution in [-0.2, 0) is 6.42 Å². The number of carbonyl (C=O) groups excluding carboxylic acids is 1. The van der Waals surface area contributed by atoms with Gasteiger partial charge in [-0.05, 0) is 48.8 Å². The van der Waals surface area contributed by atoms with E-state index in [0.717, 1.165) is 37.1 Å². The number of amides is 1. The molecule has 1 atom stereocenters. The van der Waals surface area contributed by atoms with E-state index in [4.69, 9.17) is 0 Å². The molecule has 0 radical (unpaired) electrons. The van der Waals surface area contributed by atoms with E-state index in [0.29, 0.717) is 11.5 Å². The molecule has 0 saturated heterocycles. The topological polar surface area (TPSA) is 41.1 Å². The third-order valence-electron chi connectivity index (χ3n) is 4.39. The van der Waals surface area contributed by atoms with Crippen LogP contribution in [0, 0.1) is 5.41 Å². The molecule has 102 valence electrons. The molecule has 3 heteroatoms. The number of hydrogen-bond acceptors (Lipinski definition) is 2. The summed E-state index contributed by atoms with van der Waals surface area (Å²) in [6.45, 7) is 5.54. The van der Waals surface area contributed by atoms with Gasteiger partial charge in [0.05, 0.1) is 0 Å². The number of benzene rings is 1.